The molecule has 126 valence electrons. The number of carboxylic acids is 1. The molecule has 0 radical (unpaired) electrons. The number of aromatic nitrogens is 2. The van der Waals surface area contributed by atoms with Gasteiger partial charge in [0.05, 0.1) is 6.04 Å². The van der Waals surface area contributed by atoms with Gasteiger partial charge in [0.2, 0.25) is 0 Å². The lowest BCUT2D eigenvalue weighted by molar-refractivity contribution is 0.0681. The van der Waals surface area contributed by atoms with Crippen molar-refractivity contribution < 1.29 is 9.90 Å². The maximum atomic E-state index is 12.1. The van der Waals surface area contributed by atoms with Crippen molar-refractivity contribution in [2.45, 2.75) is 12.5 Å². The van der Waals surface area contributed by atoms with Gasteiger partial charge in [-0.2, -0.15) is 5.10 Å². The van der Waals surface area contributed by atoms with E-state index in [0.29, 0.717) is 5.56 Å². The van der Waals surface area contributed by atoms with Gasteiger partial charge in [-0.05, 0) is 18.5 Å². The minimum absolute atomic E-state index is 0.0611. The molecule has 5 heteroatoms. The highest BCUT2D eigenvalue weighted by molar-refractivity contribution is 5.99. The number of benzene rings is 2. The Morgan fingerprint density at radius 3 is 2.24 bits per heavy atom. The van der Waals surface area contributed by atoms with Crippen LogP contribution in [0.1, 0.15) is 23.0 Å². The maximum Gasteiger partial charge on any atom is 0.354 e. The number of hydrogen-bond donors (Lipinski definition) is 2. The molecule has 2 aromatic carbocycles. The smallest absolute Gasteiger partial charge is 0.354 e. The summed E-state index contributed by atoms with van der Waals surface area (Å²) in [5.41, 5.74) is 3.46. The maximum absolute atomic E-state index is 12.1. The monoisotopic (exact) mass is 333 g/mol. The highest BCUT2D eigenvalue weighted by Gasteiger charge is 2.30. The summed E-state index contributed by atoms with van der Waals surface area (Å²) >= 11 is 0. The van der Waals surface area contributed by atoms with Crippen molar-refractivity contribution in [3.8, 4) is 22.4 Å². The van der Waals surface area contributed by atoms with E-state index in [1.54, 1.807) is 4.68 Å². The number of nitrogens with zero attached hydrogens (tertiary/aromatic N) is 2. The fraction of sp³-hybridized carbons (Fsp3) is 0.200. The summed E-state index contributed by atoms with van der Waals surface area (Å²) in [4.78, 5) is 12.1. The summed E-state index contributed by atoms with van der Waals surface area (Å²) in [5, 5.41) is 18.0. The molecule has 1 aromatic heterocycles. The lowest BCUT2D eigenvalue weighted by atomic mass is 9.98. The zero-order valence-corrected chi connectivity index (χ0v) is 13.7. The number of aromatic carboxylic acids is 1. The molecule has 1 aliphatic rings. The fourth-order valence-electron chi connectivity index (χ4n) is 3.43. The Balaban J connectivity index is 1.99. The van der Waals surface area contributed by atoms with Crippen LogP contribution in [0, 0.1) is 0 Å². The van der Waals surface area contributed by atoms with Gasteiger partial charge >= 0.3 is 5.97 Å². The molecule has 1 fully saturated rings. The van der Waals surface area contributed by atoms with Gasteiger partial charge in [-0.25, -0.2) is 4.79 Å². The molecule has 0 unspecified atom stereocenters. The molecule has 3 aromatic rings. The molecule has 2 heterocycles. The first-order valence-electron chi connectivity index (χ1n) is 8.43. The molecule has 25 heavy (non-hydrogen) atoms. The third-order valence-electron chi connectivity index (χ3n) is 4.60. The van der Waals surface area contributed by atoms with Crippen molar-refractivity contribution >= 4 is 5.97 Å². The Morgan fingerprint density at radius 2 is 1.68 bits per heavy atom. The molecule has 0 amide bonds. The predicted octanol–water partition coefficient (Wildman–Crippen LogP) is 3.45. The van der Waals surface area contributed by atoms with Crippen LogP contribution in [-0.2, 0) is 0 Å². The van der Waals surface area contributed by atoms with Crippen LogP contribution < -0.4 is 5.32 Å². The van der Waals surface area contributed by atoms with Crippen molar-refractivity contribution in [3.63, 3.8) is 0 Å². The lowest BCUT2D eigenvalue weighted by Crippen LogP contribution is -2.19. The Bertz CT molecular complexity index is 882. The van der Waals surface area contributed by atoms with E-state index in [-0.39, 0.29) is 11.7 Å². The van der Waals surface area contributed by atoms with Crippen LogP contribution in [0.5, 0.6) is 0 Å². The van der Waals surface area contributed by atoms with Crippen LogP contribution in [0.25, 0.3) is 22.4 Å². The highest BCUT2D eigenvalue weighted by atomic mass is 16.4. The van der Waals surface area contributed by atoms with Gasteiger partial charge in [-0.1, -0.05) is 60.7 Å². The standard InChI is InChI=1S/C20H19N3O2/c24-20(25)19-17(14-7-3-1-4-8-14)18(15-9-5-2-6-10-15)22-23(19)16-11-12-21-13-16/h1-10,16,21H,11-13H2,(H,24,25)/t16-/m0/s1. The minimum atomic E-state index is -0.944. The van der Waals surface area contributed by atoms with Crippen LogP contribution in [0.4, 0.5) is 0 Å². The zero-order chi connectivity index (χ0) is 17.2. The van der Waals surface area contributed by atoms with Gasteiger partial charge < -0.3 is 10.4 Å². The number of rotatable bonds is 4. The predicted molar refractivity (Wildman–Crippen MR) is 96.6 cm³/mol. The summed E-state index contributed by atoms with van der Waals surface area (Å²) < 4.78 is 1.70. The van der Waals surface area contributed by atoms with E-state index in [4.69, 9.17) is 5.10 Å². The summed E-state index contributed by atoms with van der Waals surface area (Å²) in [6.07, 6.45) is 0.879. The molecule has 0 bridgehead atoms. The van der Waals surface area contributed by atoms with Crippen LogP contribution in [0.2, 0.25) is 0 Å². The molecular weight excluding hydrogens is 314 g/mol. The second-order valence-electron chi connectivity index (χ2n) is 6.20. The Kier molecular flexibility index (Phi) is 4.07. The first-order chi connectivity index (χ1) is 12.3. The van der Waals surface area contributed by atoms with Gasteiger partial charge in [0, 0.05) is 17.7 Å². The van der Waals surface area contributed by atoms with Gasteiger partial charge in [-0.15, -0.1) is 0 Å². The topological polar surface area (TPSA) is 67.1 Å². The van der Waals surface area contributed by atoms with Gasteiger partial charge in [0.25, 0.3) is 0 Å². The van der Waals surface area contributed by atoms with E-state index in [2.05, 4.69) is 5.32 Å². The van der Waals surface area contributed by atoms with Crippen molar-refractivity contribution in [1.29, 1.82) is 0 Å². The molecule has 4 rings (SSSR count). The molecule has 0 aliphatic carbocycles. The van der Waals surface area contributed by atoms with E-state index in [1.165, 1.54) is 0 Å². The van der Waals surface area contributed by atoms with Crippen molar-refractivity contribution in [2.75, 3.05) is 13.1 Å². The Morgan fingerprint density at radius 1 is 1.04 bits per heavy atom. The number of carbonyl (C=O) groups is 1. The lowest BCUT2D eigenvalue weighted by Gasteiger charge is -2.12. The molecule has 5 nitrogen and oxygen atoms in total. The Labute approximate surface area is 145 Å². The van der Waals surface area contributed by atoms with Crippen molar-refractivity contribution in [3.05, 3.63) is 66.4 Å². The molecule has 1 saturated heterocycles. The number of nitrogens with one attached hydrogen (secondary N) is 1. The summed E-state index contributed by atoms with van der Waals surface area (Å²) in [7, 11) is 0. The molecule has 2 N–H and O–H groups in total. The van der Waals surface area contributed by atoms with Gasteiger partial charge in [0.1, 0.15) is 5.69 Å². The molecule has 0 saturated carbocycles. The van der Waals surface area contributed by atoms with Crippen LogP contribution >= 0.6 is 0 Å². The molecule has 0 spiro atoms. The first-order valence-corrected chi connectivity index (χ1v) is 8.43. The minimum Gasteiger partial charge on any atom is -0.477 e. The quantitative estimate of drug-likeness (QED) is 0.767. The first kappa shape index (κ1) is 15.6. The number of hydrogen-bond acceptors (Lipinski definition) is 3. The van der Waals surface area contributed by atoms with Crippen molar-refractivity contribution in [1.82, 2.24) is 15.1 Å². The number of carboxylic acid groups (broad SMARTS) is 1. The fourth-order valence-corrected chi connectivity index (χ4v) is 3.43. The van der Waals surface area contributed by atoms with Gasteiger partial charge in [-0.3, -0.25) is 4.68 Å². The third kappa shape index (κ3) is 2.83. The van der Waals surface area contributed by atoms with Crippen molar-refractivity contribution in [2.24, 2.45) is 0 Å². The summed E-state index contributed by atoms with van der Waals surface area (Å²) in [6.45, 7) is 1.62. The normalized spacial score (nSPS) is 16.9. The van der Waals surface area contributed by atoms with E-state index in [1.807, 2.05) is 60.7 Å². The molecular formula is C20H19N3O2. The largest absolute Gasteiger partial charge is 0.477 e. The van der Waals surface area contributed by atoms with E-state index in [9.17, 15) is 9.90 Å². The van der Waals surface area contributed by atoms with E-state index in [0.717, 1.165) is 36.3 Å². The summed E-state index contributed by atoms with van der Waals surface area (Å²) in [5.74, 6) is -0.944. The van der Waals surface area contributed by atoms with E-state index >= 15 is 0 Å². The zero-order valence-electron chi connectivity index (χ0n) is 13.7. The summed E-state index contributed by atoms with van der Waals surface area (Å²) in [6, 6.07) is 19.5. The molecule has 1 atom stereocenters. The third-order valence-corrected chi connectivity index (χ3v) is 4.60. The van der Waals surface area contributed by atoms with Crippen LogP contribution in [-0.4, -0.2) is 33.9 Å². The molecule has 1 aliphatic heterocycles. The van der Waals surface area contributed by atoms with Gasteiger partial charge in [0.15, 0.2) is 5.69 Å². The van der Waals surface area contributed by atoms with Crippen LogP contribution in [0.15, 0.2) is 60.7 Å². The highest BCUT2D eigenvalue weighted by Crippen LogP contribution is 2.36. The van der Waals surface area contributed by atoms with E-state index < -0.39 is 5.97 Å². The second-order valence-corrected chi connectivity index (χ2v) is 6.20. The second kappa shape index (κ2) is 6.53. The Hall–Kier alpha value is -2.92. The average Bonchev–Trinajstić information content (AvgIpc) is 3.30. The SMILES string of the molecule is O=C(O)c1c(-c2ccccc2)c(-c2ccccc2)nn1[C@H]1CCNC1. The average molecular weight is 333 g/mol. The van der Waals surface area contributed by atoms with Crippen LogP contribution in [0.3, 0.4) is 0 Å².